The van der Waals surface area contributed by atoms with Crippen molar-refractivity contribution >= 4 is 12.0 Å². The van der Waals surface area contributed by atoms with Crippen molar-refractivity contribution in [3.63, 3.8) is 0 Å². The minimum absolute atomic E-state index is 0.111. The number of carbonyl (C=O) groups excluding carboxylic acids is 1. The maximum Gasteiger partial charge on any atom is 0.317 e. The number of hydrogen-bond donors (Lipinski definition) is 2. The lowest BCUT2D eigenvalue weighted by molar-refractivity contribution is -0.148. The van der Waals surface area contributed by atoms with Gasteiger partial charge in [-0.1, -0.05) is 12.8 Å². The van der Waals surface area contributed by atoms with Crippen molar-refractivity contribution in [2.75, 3.05) is 33.7 Å². The molecule has 0 unspecified atom stereocenters. The zero-order valence-electron chi connectivity index (χ0n) is 13.1. The molecule has 6 nitrogen and oxygen atoms in total. The third-order valence-electron chi connectivity index (χ3n) is 5.07. The largest absolute Gasteiger partial charge is 0.481 e. The Balaban J connectivity index is 1.81. The topological polar surface area (TPSA) is 72.9 Å². The number of nitrogens with one attached hydrogen (secondary N) is 1. The first-order valence-electron chi connectivity index (χ1n) is 7.87. The molecule has 1 saturated heterocycles. The van der Waals surface area contributed by atoms with Crippen LogP contribution in [-0.2, 0) is 4.79 Å². The van der Waals surface area contributed by atoms with Crippen molar-refractivity contribution < 1.29 is 14.7 Å². The Morgan fingerprint density at radius 3 is 2.29 bits per heavy atom. The molecule has 1 saturated carbocycles. The van der Waals surface area contributed by atoms with Crippen molar-refractivity contribution in [3.8, 4) is 0 Å². The summed E-state index contributed by atoms with van der Waals surface area (Å²) in [6.45, 7) is 1.75. The molecule has 1 aliphatic heterocycles. The SMILES string of the molecule is CN(C)C1CCN(C(=O)NCC2(C(=O)O)CCCC2)CC1. The first kappa shape index (κ1) is 16.1. The molecule has 2 rings (SSSR count). The molecule has 120 valence electrons. The number of hydrogen-bond acceptors (Lipinski definition) is 3. The van der Waals surface area contributed by atoms with Gasteiger partial charge in [-0.3, -0.25) is 4.79 Å². The van der Waals surface area contributed by atoms with Gasteiger partial charge in [0.1, 0.15) is 0 Å². The van der Waals surface area contributed by atoms with Crippen LogP contribution < -0.4 is 5.32 Å². The highest BCUT2D eigenvalue weighted by Gasteiger charge is 2.41. The quantitative estimate of drug-likeness (QED) is 0.822. The number of likely N-dealkylation sites (tertiary alicyclic amines) is 1. The number of carboxylic acids is 1. The molecule has 0 radical (unpaired) electrons. The smallest absolute Gasteiger partial charge is 0.317 e. The van der Waals surface area contributed by atoms with Gasteiger partial charge in [0.05, 0.1) is 5.41 Å². The van der Waals surface area contributed by atoms with E-state index in [0.717, 1.165) is 38.8 Å². The Morgan fingerprint density at radius 1 is 1.24 bits per heavy atom. The van der Waals surface area contributed by atoms with E-state index in [-0.39, 0.29) is 12.6 Å². The molecule has 0 atom stereocenters. The Bertz CT molecular complexity index is 384. The lowest BCUT2D eigenvalue weighted by Gasteiger charge is -2.35. The lowest BCUT2D eigenvalue weighted by Crippen LogP contribution is -2.50. The summed E-state index contributed by atoms with van der Waals surface area (Å²) in [5, 5.41) is 12.3. The normalized spacial score (nSPS) is 22.5. The van der Waals surface area contributed by atoms with Gasteiger partial charge in [-0.15, -0.1) is 0 Å². The Hall–Kier alpha value is -1.30. The van der Waals surface area contributed by atoms with E-state index in [1.54, 1.807) is 0 Å². The second kappa shape index (κ2) is 6.64. The van der Waals surface area contributed by atoms with E-state index in [2.05, 4.69) is 24.3 Å². The Labute approximate surface area is 126 Å². The third-order valence-corrected chi connectivity index (χ3v) is 5.07. The van der Waals surface area contributed by atoms with Gasteiger partial charge in [-0.2, -0.15) is 0 Å². The van der Waals surface area contributed by atoms with E-state index in [1.165, 1.54) is 0 Å². The molecule has 2 amide bonds. The number of urea groups is 1. The summed E-state index contributed by atoms with van der Waals surface area (Å²) in [4.78, 5) is 27.7. The maximum atomic E-state index is 12.2. The summed E-state index contributed by atoms with van der Waals surface area (Å²) >= 11 is 0. The average molecular weight is 297 g/mol. The summed E-state index contributed by atoms with van der Waals surface area (Å²) in [5.41, 5.74) is -0.738. The summed E-state index contributed by atoms with van der Waals surface area (Å²) in [7, 11) is 4.13. The molecule has 2 N–H and O–H groups in total. The van der Waals surface area contributed by atoms with Crippen LogP contribution in [0.15, 0.2) is 0 Å². The fourth-order valence-electron chi connectivity index (χ4n) is 3.46. The molecule has 2 fully saturated rings. The van der Waals surface area contributed by atoms with Gasteiger partial charge in [0, 0.05) is 25.7 Å². The fourth-order valence-corrected chi connectivity index (χ4v) is 3.46. The maximum absolute atomic E-state index is 12.2. The van der Waals surface area contributed by atoms with Crippen molar-refractivity contribution in [3.05, 3.63) is 0 Å². The van der Waals surface area contributed by atoms with Crippen LogP contribution in [0.2, 0.25) is 0 Å². The highest BCUT2D eigenvalue weighted by molar-refractivity contribution is 5.78. The average Bonchev–Trinajstić information content (AvgIpc) is 2.95. The number of carbonyl (C=O) groups is 2. The van der Waals surface area contributed by atoms with E-state index in [9.17, 15) is 14.7 Å². The van der Waals surface area contributed by atoms with Crippen LogP contribution in [0.4, 0.5) is 4.79 Å². The van der Waals surface area contributed by atoms with Crippen LogP contribution >= 0.6 is 0 Å². The molecule has 0 aromatic heterocycles. The lowest BCUT2D eigenvalue weighted by atomic mass is 9.86. The van der Waals surface area contributed by atoms with Crippen molar-refractivity contribution in [2.45, 2.75) is 44.6 Å². The molecule has 0 aromatic carbocycles. The zero-order valence-corrected chi connectivity index (χ0v) is 13.1. The second-order valence-corrected chi connectivity index (χ2v) is 6.63. The molecular formula is C15H27N3O3. The first-order chi connectivity index (χ1) is 9.94. The van der Waals surface area contributed by atoms with Gasteiger partial charge in [-0.25, -0.2) is 4.79 Å². The minimum Gasteiger partial charge on any atom is -0.481 e. The fraction of sp³-hybridized carbons (Fsp3) is 0.867. The molecular weight excluding hydrogens is 270 g/mol. The predicted octanol–water partition coefficient (Wildman–Crippen LogP) is 1.37. The summed E-state index contributed by atoms with van der Waals surface area (Å²) in [6.07, 6.45) is 5.18. The molecule has 0 bridgehead atoms. The van der Waals surface area contributed by atoms with Crippen LogP contribution in [-0.4, -0.2) is 66.7 Å². The number of nitrogens with zero attached hydrogens (tertiary/aromatic N) is 2. The van der Waals surface area contributed by atoms with Crippen molar-refractivity contribution in [2.24, 2.45) is 5.41 Å². The number of piperidine rings is 1. The minimum atomic E-state index is -0.772. The molecule has 2 aliphatic rings. The summed E-state index contributed by atoms with van der Waals surface area (Å²) < 4.78 is 0. The Morgan fingerprint density at radius 2 is 1.81 bits per heavy atom. The van der Waals surface area contributed by atoms with Gasteiger partial charge >= 0.3 is 12.0 Å². The highest BCUT2D eigenvalue weighted by Crippen LogP contribution is 2.37. The molecule has 21 heavy (non-hydrogen) atoms. The van der Waals surface area contributed by atoms with Gasteiger partial charge < -0.3 is 20.2 Å². The number of rotatable bonds is 4. The predicted molar refractivity (Wildman–Crippen MR) is 80.2 cm³/mol. The molecule has 1 heterocycles. The van der Waals surface area contributed by atoms with E-state index in [1.807, 2.05) is 4.90 Å². The molecule has 0 aromatic rings. The summed E-state index contributed by atoms with van der Waals surface area (Å²) in [5.74, 6) is -0.772. The van der Waals surface area contributed by atoms with Gasteiger partial charge in [-0.05, 0) is 39.8 Å². The van der Waals surface area contributed by atoms with Crippen LogP contribution in [0.25, 0.3) is 0 Å². The second-order valence-electron chi connectivity index (χ2n) is 6.63. The van der Waals surface area contributed by atoms with E-state index < -0.39 is 11.4 Å². The summed E-state index contributed by atoms with van der Waals surface area (Å²) in [6, 6.07) is 0.425. The zero-order chi connectivity index (χ0) is 15.5. The molecule has 6 heteroatoms. The van der Waals surface area contributed by atoms with Crippen LogP contribution in [0.3, 0.4) is 0 Å². The molecule has 0 spiro atoms. The highest BCUT2D eigenvalue weighted by atomic mass is 16.4. The van der Waals surface area contributed by atoms with Crippen LogP contribution in [0.1, 0.15) is 38.5 Å². The van der Waals surface area contributed by atoms with Crippen LogP contribution in [0.5, 0.6) is 0 Å². The number of aliphatic carboxylic acids is 1. The standard InChI is InChI=1S/C15H27N3O3/c1-17(2)12-5-9-18(10-6-12)14(21)16-11-15(13(19)20)7-3-4-8-15/h12H,3-11H2,1-2H3,(H,16,21)(H,19,20). The number of carboxylic acid groups (broad SMARTS) is 1. The first-order valence-corrected chi connectivity index (χ1v) is 7.87. The van der Waals surface area contributed by atoms with Crippen LogP contribution in [0, 0.1) is 5.41 Å². The van der Waals surface area contributed by atoms with Crippen molar-refractivity contribution in [1.29, 1.82) is 0 Å². The van der Waals surface area contributed by atoms with Gasteiger partial charge in [0.2, 0.25) is 0 Å². The Kier molecular flexibility index (Phi) is 5.08. The third kappa shape index (κ3) is 3.67. The van der Waals surface area contributed by atoms with Gasteiger partial charge in [0.15, 0.2) is 0 Å². The monoisotopic (exact) mass is 297 g/mol. The van der Waals surface area contributed by atoms with E-state index in [0.29, 0.717) is 18.9 Å². The number of amides is 2. The van der Waals surface area contributed by atoms with Gasteiger partial charge in [0.25, 0.3) is 0 Å². The molecule has 1 aliphatic carbocycles. The van der Waals surface area contributed by atoms with E-state index in [4.69, 9.17) is 0 Å². The van der Waals surface area contributed by atoms with Crippen molar-refractivity contribution in [1.82, 2.24) is 15.1 Å². The van der Waals surface area contributed by atoms with E-state index >= 15 is 0 Å².